The number of halogens is 1. The number of hydrogen-bond donors (Lipinski definition) is 3. The third-order valence-electron chi connectivity index (χ3n) is 2.62. The molecule has 0 spiro atoms. The average Bonchev–Trinajstić information content (AvgIpc) is 2.88. The van der Waals surface area contributed by atoms with Crippen LogP contribution in [0.25, 0.3) is 11.3 Å². The third-order valence-corrected chi connectivity index (χ3v) is 3.42. The zero-order chi connectivity index (χ0) is 15.7. The number of carbonyl (C=O) groups is 1. The topological polar surface area (TPSA) is 157 Å². The van der Waals surface area contributed by atoms with E-state index < -0.39 is 16.6 Å². The minimum atomic E-state index is -0.907. The van der Waals surface area contributed by atoms with Crippen molar-refractivity contribution < 1.29 is 19.6 Å². The minimum Gasteiger partial charge on any atom is -0.504 e. The van der Waals surface area contributed by atoms with Crippen LogP contribution >= 0.6 is 15.9 Å². The van der Waals surface area contributed by atoms with Gasteiger partial charge in [0, 0.05) is 0 Å². The van der Waals surface area contributed by atoms with Crippen LogP contribution in [-0.2, 0) is 0 Å². The Hall–Kier alpha value is -2.69. The van der Waals surface area contributed by atoms with Gasteiger partial charge in [-0.25, -0.2) is 0 Å². The monoisotopic (exact) mass is 357 g/mol. The Morgan fingerprint density at radius 1 is 1.57 bits per heavy atom. The molecule has 0 radical (unpaired) electrons. The summed E-state index contributed by atoms with van der Waals surface area (Å²) in [6.45, 7) is 0. The number of primary amides is 1. The van der Waals surface area contributed by atoms with Crippen molar-refractivity contribution >= 4 is 27.5 Å². The maximum atomic E-state index is 11.3. The van der Waals surface area contributed by atoms with Gasteiger partial charge in [0.1, 0.15) is 10.2 Å². The normalized spacial score (nSPS) is 10.4. The van der Waals surface area contributed by atoms with Crippen molar-refractivity contribution in [2.45, 2.75) is 0 Å². The van der Waals surface area contributed by atoms with Gasteiger partial charge < -0.3 is 15.6 Å². The van der Waals surface area contributed by atoms with Crippen molar-refractivity contribution in [3.63, 3.8) is 0 Å². The summed E-state index contributed by atoms with van der Waals surface area (Å²) in [7, 11) is 1.23. The molecule has 0 unspecified atom stereocenters. The maximum absolute atomic E-state index is 11.3. The lowest BCUT2D eigenvalue weighted by Crippen LogP contribution is -2.13. The summed E-state index contributed by atoms with van der Waals surface area (Å²) in [6, 6.07) is 1.03. The van der Waals surface area contributed by atoms with Gasteiger partial charge in [-0.15, -0.1) is 0 Å². The summed E-state index contributed by atoms with van der Waals surface area (Å²) < 4.78 is 4.80. The van der Waals surface area contributed by atoms with E-state index in [4.69, 9.17) is 10.5 Å². The van der Waals surface area contributed by atoms with E-state index in [1.807, 2.05) is 0 Å². The lowest BCUT2D eigenvalue weighted by Gasteiger charge is -2.10. The van der Waals surface area contributed by atoms with Crippen LogP contribution in [0.5, 0.6) is 11.5 Å². The largest absolute Gasteiger partial charge is 0.504 e. The number of rotatable bonds is 4. The first kappa shape index (κ1) is 14.7. The number of aromatic amines is 1. The first-order valence-corrected chi connectivity index (χ1v) is 6.12. The molecule has 1 aromatic carbocycles. The molecule has 0 fully saturated rings. The Morgan fingerprint density at radius 3 is 2.76 bits per heavy atom. The third kappa shape index (κ3) is 2.38. The number of carbonyl (C=O) groups excluding carboxylic acids is 1. The highest BCUT2D eigenvalue weighted by Crippen LogP contribution is 2.47. The summed E-state index contributed by atoms with van der Waals surface area (Å²) in [6.07, 6.45) is 0. The second-order valence-electron chi connectivity index (χ2n) is 3.78. The summed E-state index contributed by atoms with van der Waals surface area (Å²) in [4.78, 5) is 21.7. The number of nitrogens with one attached hydrogen (secondary N) is 1. The molecule has 0 aliphatic rings. The van der Waals surface area contributed by atoms with Crippen LogP contribution in [0.1, 0.15) is 10.5 Å². The number of H-pyrrole nitrogens is 1. The van der Waals surface area contributed by atoms with Crippen molar-refractivity contribution in [2.24, 2.45) is 5.73 Å². The van der Waals surface area contributed by atoms with Crippen LogP contribution in [0, 0.1) is 10.1 Å². The van der Waals surface area contributed by atoms with E-state index in [1.54, 1.807) is 0 Å². The number of aromatic hydroxyl groups is 1. The number of nitrogens with two attached hydrogens (primary N) is 1. The fourth-order valence-corrected chi connectivity index (χ4v) is 2.33. The van der Waals surface area contributed by atoms with Gasteiger partial charge in [0.15, 0.2) is 17.2 Å². The Balaban J connectivity index is 2.84. The first-order valence-electron chi connectivity index (χ1n) is 5.33. The van der Waals surface area contributed by atoms with Crippen LogP contribution in [0.2, 0.25) is 0 Å². The average molecular weight is 358 g/mol. The standard InChI is InChI=1S/C10H8BrN5O5/c1-21-4-2-3(16(19)20)6(11)5(9(4)17)7-8(10(12)18)14-15-13-7/h2,17H,1H3,(H2,12,18)(H,13,14,15). The number of phenols is 1. The number of nitro benzene ring substituents is 1. The van der Waals surface area contributed by atoms with Gasteiger partial charge in [0.25, 0.3) is 11.6 Å². The predicted octanol–water partition coefficient (Wildman–Crippen LogP) is 0.956. The van der Waals surface area contributed by atoms with Gasteiger partial charge in [-0.05, 0) is 15.9 Å². The van der Waals surface area contributed by atoms with Gasteiger partial charge in [-0.1, -0.05) is 0 Å². The Morgan fingerprint density at radius 2 is 2.24 bits per heavy atom. The van der Waals surface area contributed by atoms with E-state index in [2.05, 4.69) is 31.3 Å². The van der Waals surface area contributed by atoms with E-state index in [0.29, 0.717) is 0 Å². The molecule has 0 atom stereocenters. The second-order valence-corrected chi connectivity index (χ2v) is 4.57. The maximum Gasteiger partial charge on any atom is 0.288 e. The highest BCUT2D eigenvalue weighted by Gasteiger charge is 2.29. The van der Waals surface area contributed by atoms with E-state index >= 15 is 0 Å². The van der Waals surface area contributed by atoms with E-state index in [9.17, 15) is 20.0 Å². The molecule has 11 heteroatoms. The minimum absolute atomic E-state index is 0.0813. The molecular formula is C10H8BrN5O5. The number of aromatic nitrogens is 3. The molecule has 21 heavy (non-hydrogen) atoms. The first-order chi connectivity index (χ1) is 9.88. The van der Waals surface area contributed by atoms with E-state index in [0.717, 1.165) is 6.07 Å². The molecule has 2 rings (SSSR count). The number of amides is 1. The smallest absolute Gasteiger partial charge is 0.288 e. The van der Waals surface area contributed by atoms with Crippen molar-refractivity contribution in [3.05, 3.63) is 26.3 Å². The van der Waals surface area contributed by atoms with E-state index in [1.165, 1.54) is 7.11 Å². The molecule has 10 nitrogen and oxygen atoms in total. The highest BCUT2D eigenvalue weighted by molar-refractivity contribution is 9.10. The van der Waals surface area contributed by atoms with Crippen molar-refractivity contribution in [3.8, 4) is 22.8 Å². The number of methoxy groups -OCH3 is 1. The Kier molecular flexibility index (Phi) is 3.76. The quantitative estimate of drug-likeness (QED) is 0.542. The van der Waals surface area contributed by atoms with Gasteiger partial charge in [-0.3, -0.25) is 14.9 Å². The molecule has 0 bridgehead atoms. The van der Waals surface area contributed by atoms with Gasteiger partial charge in [0.05, 0.1) is 23.7 Å². The summed E-state index contributed by atoms with van der Waals surface area (Å²) in [5, 5.41) is 30.6. The van der Waals surface area contributed by atoms with Crippen LogP contribution in [0.4, 0.5) is 5.69 Å². The molecule has 0 saturated heterocycles. The molecule has 1 amide bonds. The van der Waals surface area contributed by atoms with Gasteiger partial charge in [0.2, 0.25) is 0 Å². The molecule has 4 N–H and O–H groups in total. The second kappa shape index (κ2) is 5.36. The van der Waals surface area contributed by atoms with Gasteiger partial charge in [-0.2, -0.15) is 15.4 Å². The number of hydrogen-bond acceptors (Lipinski definition) is 7. The number of nitrogens with zero attached hydrogens (tertiary/aromatic N) is 3. The summed E-state index contributed by atoms with van der Waals surface area (Å²) in [5.41, 5.74) is 4.24. The number of phenolic OH excluding ortho intramolecular Hbond substituents is 1. The van der Waals surface area contributed by atoms with Crippen LogP contribution in [0.3, 0.4) is 0 Å². The van der Waals surface area contributed by atoms with Crippen LogP contribution in [-0.4, -0.2) is 38.5 Å². The fraction of sp³-hybridized carbons (Fsp3) is 0.100. The Bertz CT molecular complexity index is 744. The van der Waals surface area contributed by atoms with Crippen LogP contribution < -0.4 is 10.5 Å². The number of ether oxygens (including phenoxy) is 1. The van der Waals surface area contributed by atoms with Gasteiger partial charge >= 0.3 is 0 Å². The van der Waals surface area contributed by atoms with Crippen LogP contribution in [0.15, 0.2) is 10.5 Å². The Labute approximate surface area is 125 Å². The number of nitro groups is 1. The SMILES string of the molecule is COc1cc([N+](=O)[O-])c(Br)c(-c2n[nH]nc2C(N)=O)c1O. The molecule has 0 saturated carbocycles. The van der Waals surface area contributed by atoms with Crippen molar-refractivity contribution in [2.75, 3.05) is 7.11 Å². The molecule has 0 aliphatic carbocycles. The molecule has 2 aromatic rings. The van der Waals surface area contributed by atoms with Crippen molar-refractivity contribution in [1.82, 2.24) is 15.4 Å². The highest BCUT2D eigenvalue weighted by atomic mass is 79.9. The summed E-state index contributed by atoms with van der Waals surface area (Å²) >= 11 is 3.01. The molecule has 1 heterocycles. The number of benzene rings is 1. The lowest BCUT2D eigenvalue weighted by molar-refractivity contribution is -0.385. The zero-order valence-electron chi connectivity index (χ0n) is 10.5. The lowest BCUT2D eigenvalue weighted by atomic mass is 10.1. The summed E-state index contributed by atoms with van der Waals surface area (Å²) in [5.74, 6) is -1.50. The molecule has 1 aromatic heterocycles. The van der Waals surface area contributed by atoms with E-state index in [-0.39, 0.29) is 32.9 Å². The molecule has 0 aliphatic heterocycles. The molecular weight excluding hydrogens is 350 g/mol. The van der Waals surface area contributed by atoms with Crippen molar-refractivity contribution in [1.29, 1.82) is 0 Å². The fourth-order valence-electron chi connectivity index (χ4n) is 1.69. The zero-order valence-corrected chi connectivity index (χ0v) is 12.0. The molecule has 110 valence electrons. The predicted molar refractivity (Wildman–Crippen MR) is 72.9 cm³/mol.